The molecule has 0 bridgehead atoms. The van der Waals surface area contributed by atoms with Gasteiger partial charge in [-0.25, -0.2) is 13.1 Å². The number of hydrogen-bond acceptors (Lipinski definition) is 3. The number of halogens is 2. The number of rotatable bonds is 6. The Morgan fingerprint density at radius 3 is 2.63 bits per heavy atom. The lowest BCUT2D eigenvalue weighted by Crippen LogP contribution is -2.32. The van der Waals surface area contributed by atoms with Gasteiger partial charge >= 0.3 is 0 Å². The van der Waals surface area contributed by atoms with Crippen LogP contribution < -0.4 is 4.72 Å². The Balaban J connectivity index is 3.10. The Bertz CT molecular complexity index is 548. The molecule has 0 saturated heterocycles. The van der Waals surface area contributed by atoms with Gasteiger partial charge in [-0.2, -0.15) is 0 Å². The molecule has 19 heavy (non-hydrogen) atoms. The molecule has 4 nitrogen and oxygen atoms in total. The highest BCUT2D eigenvalue weighted by molar-refractivity contribution is 9.10. The summed E-state index contributed by atoms with van der Waals surface area (Å²) >= 11 is 9.08. The van der Waals surface area contributed by atoms with Crippen LogP contribution in [0.25, 0.3) is 0 Å². The summed E-state index contributed by atoms with van der Waals surface area (Å²) in [6.45, 7) is 3.84. The molecule has 108 valence electrons. The van der Waals surface area contributed by atoms with Crippen LogP contribution >= 0.6 is 27.5 Å². The first kappa shape index (κ1) is 16.9. The number of benzene rings is 1. The molecule has 7 heteroatoms. The van der Waals surface area contributed by atoms with Gasteiger partial charge < -0.3 is 4.74 Å². The van der Waals surface area contributed by atoms with E-state index in [4.69, 9.17) is 16.3 Å². The summed E-state index contributed by atoms with van der Waals surface area (Å²) in [4.78, 5) is 0.200. The quantitative estimate of drug-likeness (QED) is 0.783. The second kappa shape index (κ2) is 7.04. The second-order valence-corrected chi connectivity index (χ2v) is 7.05. The molecule has 0 fully saturated rings. The van der Waals surface area contributed by atoms with Crippen molar-refractivity contribution in [1.82, 2.24) is 4.72 Å². The molecule has 1 aromatic carbocycles. The SMILES string of the molecule is COC(C)CNS(=O)(=O)c1cc(CCl)cc(C)c1Br. The fourth-order valence-electron chi connectivity index (χ4n) is 1.47. The van der Waals surface area contributed by atoms with E-state index in [1.807, 2.05) is 13.0 Å². The predicted octanol–water partition coefficient (Wildman–Crippen LogP) is 2.81. The highest BCUT2D eigenvalue weighted by atomic mass is 79.9. The first-order valence-electron chi connectivity index (χ1n) is 5.69. The topological polar surface area (TPSA) is 55.4 Å². The Kier molecular flexibility index (Phi) is 6.26. The van der Waals surface area contributed by atoms with Gasteiger partial charge in [-0.15, -0.1) is 11.6 Å². The van der Waals surface area contributed by atoms with Crippen molar-refractivity contribution >= 4 is 37.6 Å². The molecule has 1 atom stereocenters. The predicted molar refractivity (Wildman–Crippen MR) is 80.1 cm³/mol. The number of sulfonamides is 1. The van der Waals surface area contributed by atoms with Crippen LogP contribution in [0.2, 0.25) is 0 Å². The molecule has 1 N–H and O–H groups in total. The van der Waals surface area contributed by atoms with Gasteiger partial charge in [-0.05, 0) is 47.0 Å². The van der Waals surface area contributed by atoms with E-state index in [0.29, 0.717) is 4.47 Å². The standard InChI is InChI=1S/C12H17BrClNO3S/c1-8-4-10(6-14)5-11(12(8)13)19(16,17)15-7-9(2)18-3/h4-5,9,15H,6-7H2,1-3H3. The van der Waals surface area contributed by atoms with Crippen LogP contribution in [0.1, 0.15) is 18.1 Å². The van der Waals surface area contributed by atoms with Gasteiger partial charge in [0.25, 0.3) is 0 Å². The molecule has 1 unspecified atom stereocenters. The van der Waals surface area contributed by atoms with Crippen LogP contribution in [-0.2, 0) is 20.6 Å². The zero-order chi connectivity index (χ0) is 14.6. The first-order valence-corrected chi connectivity index (χ1v) is 8.50. The summed E-state index contributed by atoms with van der Waals surface area (Å²) in [7, 11) is -2.05. The molecule has 0 amide bonds. The van der Waals surface area contributed by atoms with Crippen molar-refractivity contribution in [2.45, 2.75) is 30.7 Å². The minimum Gasteiger partial charge on any atom is -0.380 e. The number of nitrogens with one attached hydrogen (secondary N) is 1. The van der Waals surface area contributed by atoms with Gasteiger partial charge in [0.1, 0.15) is 0 Å². The van der Waals surface area contributed by atoms with E-state index in [1.165, 1.54) is 7.11 Å². The van der Waals surface area contributed by atoms with Crippen molar-refractivity contribution in [3.05, 3.63) is 27.7 Å². The van der Waals surface area contributed by atoms with E-state index in [1.54, 1.807) is 13.0 Å². The van der Waals surface area contributed by atoms with E-state index in [9.17, 15) is 8.42 Å². The molecule has 0 saturated carbocycles. The summed E-state index contributed by atoms with van der Waals surface area (Å²) in [6, 6.07) is 3.43. The lowest BCUT2D eigenvalue weighted by atomic mass is 10.2. The van der Waals surface area contributed by atoms with Crippen molar-refractivity contribution in [2.75, 3.05) is 13.7 Å². The summed E-state index contributed by atoms with van der Waals surface area (Å²) in [5.41, 5.74) is 1.60. The molecule has 1 rings (SSSR count). The van der Waals surface area contributed by atoms with Crippen molar-refractivity contribution in [2.24, 2.45) is 0 Å². The average molecular weight is 371 g/mol. The Morgan fingerprint density at radius 2 is 2.11 bits per heavy atom. The first-order chi connectivity index (χ1) is 8.81. The largest absolute Gasteiger partial charge is 0.380 e. The third-order valence-electron chi connectivity index (χ3n) is 2.69. The lowest BCUT2D eigenvalue weighted by molar-refractivity contribution is 0.122. The molecule has 0 radical (unpaired) electrons. The van der Waals surface area contributed by atoms with Crippen molar-refractivity contribution in [1.29, 1.82) is 0 Å². The molecular weight excluding hydrogens is 354 g/mol. The van der Waals surface area contributed by atoms with Gasteiger partial charge in [0.2, 0.25) is 10.0 Å². The van der Waals surface area contributed by atoms with E-state index in [0.717, 1.165) is 11.1 Å². The summed E-state index contributed by atoms with van der Waals surface area (Å²) in [6.07, 6.45) is -0.189. The number of ether oxygens (including phenoxy) is 1. The molecule has 1 aromatic rings. The van der Waals surface area contributed by atoms with Crippen LogP contribution in [0, 0.1) is 6.92 Å². The summed E-state index contributed by atoms with van der Waals surface area (Å²) < 4.78 is 32.6. The summed E-state index contributed by atoms with van der Waals surface area (Å²) in [5, 5.41) is 0. The van der Waals surface area contributed by atoms with Crippen LogP contribution in [0.15, 0.2) is 21.5 Å². The van der Waals surface area contributed by atoms with E-state index >= 15 is 0 Å². The lowest BCUT2D eigenvalue weighted by Gasteiger charge is -2.14. The molecular formula is C12H17BrClNO3S. The maximum atomic E-state index is 12.3. The summed E-state index contributed by atoms with van der Waals surface area (Å²) in [5.74, 6) is 0.269. The Morgan fingerprint density at radius 1 is 1.47 bits per heavy atom. The van der Waals surface area contributed by atoms with Crippen molar-refractivity contribution in [3.63, 3.8) is 0 Å². The molecule has 0 spiro atoms. The number of methoxy groups -OCH3 is 1. The maximum Gasteiger partial charge on any atom is 0.241 e. The maximum absolute atomic E-state index is 12.3. The van der Waals surface area contributed by atoms with E-state index < -0.39 is 10.0 Å². The van der Waals surface area contributed by atoms with E-state index in [2.05, 4.69) is 20.7 Å². The normalized spacial score (nSPS) is 13.5. The van der Waals surface area contributed by atoms with Gasteiger partial charge in [0.15, 0.2) is 0 Å². The Labute approximate surface area is 127 Å². The molecule has 0 aliphatic carbocycles. The number of alkyl halides is 1. The fraction of sp³-hybridized carbons (Fsp3) is 0.500. The van der Waals surface area contributed by atoms with E-state index in [-0.39, 0.29) is 23.4 Å². The molecule has 0 heterocycles. The highest BCUT2D eigenvalue weighted by Crippen LogP contribution is 2.27. The van der Waals surface area contributed by atoms with Gasteiger partial charge in [0.05, 0.1) is 11.0 Å². The van der Waals surface area contributed by atoms with Crippen LogP contribution in [0.4, 0.5) is 0 Å². The minimum absolute atomic E-state index is 0.189. The third kappa shape index (κ3) is 4.43. The zero-order valence-electron chi connectivity index (χ0n) is 11.0. The van der Waals surface area contributed by atoms with Gasteiger partial charge in [0, 0.05) is 24.0 Å². The molecule has 0 aliphatic heterocycles. The van der Waals surface area contributed by atoms with Crippen LogP contribution in [0.3, 0.4) is 0 Å². The van der Waals surface area contributed by atoms with Crippen LogP contribution in [0.5, 0.6) is 0 Å². The van der Waals surface area contributed by atoms with Gasteiger partial charge in [-0.1, -0.05) is 6.07 Å². The average Bonchev–Trinajstić information content (AvgIpc) is 2.38. The zero-order valence-corrected chi connectivity index (χ0v) is 14.2. The van der Waals surface area contributed by atoms with Crippen molar-refractivity contribution in [3.8, 4) is 0 Å². The number of aryl methyl sites for hydroxylation is 1. The number of hydrogen-bond donors (Lipinski definition) is 1. The highest BCUT2D eigenvalue weighted by Gasteiger charge is 2.20. The molecule has 0 aliphatic rings. The van der Waals surface area contributed by atoms with Gasteiger partial charge in [-0.3, -0.25) is 0 Å². The van der Waals surface area contributed by atoms with Crippen LogP contribution in [-0.4, -0.2) is 28.2 Å². The monoisotopic (exact) mass is 369 g/mol. The minimum atomic E-state index is -3.59. The molecule has 0 aromatic heterocycles. The smallest absolute Gasteiger partial charge is 0.241 e. The van der Waals surface area contributed by atoms with Crippen molar-refractivity contribution < 1.29 is 13.2 Å². The fourth-order valence-corrected chi connectivity index (χ4v) is 3.81. The third-order valence-corrected chi connectivity index (χ3v) is 5.76. The second-order valence-electron chi connectivity index (χ2n) is 4.26. The Hall–Kier alpha value is -0.140.